The molecule has 0 aromatic rings. The molecule has 0 bridgehead atoms. The van der Waals surface area contributed by atoms with Gasteiger partial charge < -0.3 is 26.4 Å². The fourth-order valence-corrected chi connectivity index (χ4v) is 1.21. The molecule has 0 aliphatic carbocycles. The van der Waals surface area contributed by atoms with E-state index in [0.717, 1.165) is 13.0 Å². The van der Waals surface area contributed by atoms with Crippen LogP contribution in [0.15, 0.2) is 0 Å². The normalized spacial score (nSPS) is 11.9. The molecule has 0 aliphatic heterocycles. The van der Waals surface area contributed by atoms with Crippen LogP contribution in [-0.4, -0.2) is 61.1 Å². The Morgan fingerprint density at radius 2 is 1.94 bits per heavy atom. The van der Waals surface area contributed by atoms with Crippen molar-refractivity contribution in [3.8, 4) is 0 Å². The van der Waals surface area contributed by atoms with E-state index < -0.39 is 30.4 Å². The largest absolute Gasteiger partial charge is 0.480 e. The van der Waals surface area contributed by atoms with Crippen LogP contribution in [0.5, 0.6) is 0 Å². The van der Waals surface area contributed by atoms with E-state index in [-0.39, 0.29) is 0 Å². The summed E-state index contributed by atoms with van der Waals surface area (Å²) in [5, 5.41) is 13.4. The molecule has 1 atom stereocenters. The van der Waals surface area contributed by atoms with Crippen LogP contribution in [0.25, 0.3) is 0 Å². The zero-order valence-electron chi connectivity index (χ0n) is 10.6. The maximum Gasteiger partial charge on any atom is 0.326 e. The third-order valence-electron chi connectivity index (χ3n) is 2.08. The van der Waals surface area contributed by atoms with Crippen molar-refractivity contribution >= 4 is 17.9 Å². The fraction of sp³-hybridized carbons (Fsp3) is 0.700. The summed E-state index contributed by atoms with van der Waals surface area (Å²) in [6.45, 7) is 1.23. The zero-order valence-corrected chi connectivity index (χ0v) is 10.6. The molecular formula is C10H20N4O4. The van der Waals surface area contributed by atoms with Crippen molar-refractivity contribution < 1.29 is 19.5 Å². The molecular weight excluding hydrogens is 240 g/mol. The molecule has 0 saturated carbocycles. The van der Waals surface area contributed by atoms with E-state index in [1.165, 1.54) is 0 Å². The average Bonchev–Trinajstić information content (AvgIpc) is 2.22. The predicted molar refractivity (Wildman–Crippen MR) is 64.9 cm³/mol. The first kappa shape index (κ1) is 16.2. The summed E-state index contributed by atoms with van der Waals surface area (Å²) in [5.41, 5.74) is 4.88. The van der Waals surface area contributed by atoms with Crippen LogP contribution in [0.4, 0.5) is 4.79 Å². The first-order valence-corrected chi connectivity index (χ1v) is 5.53. The summed E-state index contributed by atoms with van der Waals surface area (Å²) in [5.74, 6) is -2.08. The van der Waals surface area contributed by atoms with Crippen LogP contribution in [0.2, 0.25) is 0 Å². The third-order valence-corrected chi connectivity index (χ3v) is 2.08. The highest BCUT2D eigenvalue weighted by molar-refractivity contribution is 5.87. The summed E-state index contributed by atoms with van der Waals surface area (Å²) in [7, 11) is 3.82. The summed E-state index contributed by atoms with van der Waals surface area (Å²) < 4.78 is 0. The number of nitrogens with one attached hydrogen (secondary N) is 2. The Kier molecular flexibility index (Phi) is 7.45. The number of hydrogen-bond donors (Lipinski definition) is 4. The highest BCUT2D eigenvalue weighted by Gasteiger charge is 2.21. The van der Waals surface area contributed by atoms with Crippen molar-refractivity contribution in [2.75, 3.05) is 27.2 Å². The first-order valence-electron chi connectivity index (χ1n) is 5.53. The maximum absolute atomic E-state index is 11.3. The Labute approximate surface area is 106 Å². The van der Waals surface area contributed by atoms with Gasteiger partial charge >= 0.3 is 12.0 Å². The lowest BCUT2D eigenvalue weighted by Gasteiger charge is -2.14. The molecule has 0 heterocycles. The van der Waals surface area contributed by atoms with E-state index in [1.807, 2.05) is 19.0 Å². The first-order chi connectivity index (χ1) is 8.32. The maximum atomic E-state index is 11.3. The lowest BCUT2D eigenvalue weighted by Crippen LogP contribution is -2.48. The SMILES string of the molecule is CN(C)CCCNC(=O)N[C@H](CC(N)=O)C(=O)O. The van der Waals surface area contributed by atoms with Crippen molar-refractivity contribution in [3.05, 3.63) is 0 Å². The van der Waals surface area contributed by atoms with Gasteiger partial charge in [-0.3, -0.25) is 4.79 Å². The molecule has 5 N–H and O–H groups in total. The van der Waals surface area contributed by atoms with Gasteiger partial charge in [0.25, 0.3) is 0 Å². The number of carboxylic acids is 1. The number of carboxylic acid groups (broad SMARTS) is 1. The monoisotopic (exact) mass is 260 g/mol. The number of rotatable bonds is 8. The molecule has 8 heteroatoms. The molecule has 0 unspecified atom stereocenters. The third kappa shape index (κ3) is 8.34. The number of nitrogens with two attached hydrogens (primary N) is 1. The van der Waals surface area contributed by atoms with E-state index in [4.69, 9.17) is 10.8 Å². The van der Waals surface area contributed by atoms with Crippen LogP contribution in [0.3, 0.4) is 0 Å². The van der Waals surface area contributed by atoms with Crippen LogP contribution in [-0.2, 0) is 9.59 Å². The highest BCUT2D eigenvalue weighted by atomic mass is 16.4. The van der Waals surface area contributed by atoms with Crippen molar-refractivity contribution in [1.82, 2.24) is 15.5 Å². The summed E-state index contributed by atoms with van der Waals surface area (Å²) in [6, 6.07) is -1.92. The number of urea groups is 1. The summed E-state index contributed by atoms with van der Waals surface area (Å²) in [4.78, 5) is 34.6. The van der Waals surface area contributed by atoms with E-state index in [2.05, 4.69) is 10.6 Å². The van der Waals surface area contributed by atoms with Crippen LogP contribution >= 0.6 is 0 Å². The molecule has 0 saturated heterocycles. The number of carbonyl (C=O) groups is 3. The van der Waals surface area contributed by atoms with Crippen molar-refractivity contribution in [3.63, 3.8) is 0 Å². The summed E-state index contributed by atoms with van der Waals surface area (Å²) >= 11 is 0. The Morgan fingerprint density at radius 1 is 1.33 bits per heavy atom. The molecule has 0 spiro atoms. The average molecular weight is 260 g/mol. The smallest absolute Gasteiger partial charge is 0.326 e. The lowest BCUT2D eigenvalue weighted by atomic mass is 10.2. The number of aliphatic carboxylic acids is 1. The van der Waals surface area contributed by atoms with Gasteiger partial charge in [-0.05, 0) is 27.1 Å². The molecule has 0 fully saturated rings. The molecule has 0 rings (SSSR count). The predicted octanol–water partition coefficient (Wildman–Crippen LogP) is -1.43. The number of nitrogens with zero attached hydrogens (tertiary/aromatic N) is 1. The van der Waals surface area contributed by atoms with Gasteiger partial charge in [0, 0.05) is 6.54 Å². The Bertz CT molecular complexity index is 306. The van der Waals surface area contributed by atoms with Gasteiger partial charge in [-0.1, -0.05) is 0 Å². The second-order valence-electron chi connectivity index (χ2n) is 4.12. The number of primary amides is 1. The van der Waals surface area contributed by atoms with Crippen molar-refractivity contribution in [1.29, 1.82) is 0 Å². The van der Waals surface area contributed by atoms with Crippen LogP contribution in [0.1, 0.15) is 12.8 Å². The molecule has 0 aromatic carbocycles. The Morgan fingerprint density at radius 3 is 2.39 bits per heavy atom. The van der Waals surface area contributed by atoms with E-state index in [1.54, 1.807) is 0 Å². The molecule has 8 nitrogen and oxygen atoms in total. The molecule has 3 amide bonds. The van der Waals surface area contributed by atoms with E-state index in [0.29, 0.717) is 6.54 Å². The minimum atomic E-state index is -1.30. The molecule has 0 aliphatic rings. The number of amides is 3. The lowest BCUT2D eigenvalue weighted by molar-refractivity contribution is -0.140. The quantitative estimate of drug-likeness (QED) is 0.398. The van der Waals surface area contributed by atoms with Gasteiger partial charge in [0.1, 0.15) is 6.04 Å². The van der Waals surface area contributed by atoms with Crippen LogP contribution < -0.4 is 16.4 Å². The van der Waals surface area contributed by atoms with Gasteiger partial charge in [0.15, 0.2) is 0 Å². The van der Waals surface area contributed by atoms with E-state index >= 15 is 0 Å². The van der Waals surface area contributed by atoms with Crippen LogP contribution in [0, 0.1) is 0 Å². The second kappa shape index (κ2) is 8.29. The van der Waals surface area contributed by atoms with Gasteiger partial charge in [0.05, 0.1) is 6.42 Å². The fourth-order valence-electron chi connectivity index (χ4n) is 1.21. The van der Waals surface area contributed by atoms with Gasteiger partial charge in [0.2, 0.25) is 5.91 Å². The van der Waals surface area contributed by atoms with Gasteiger partial charge in [-0.15, -0.1) is 0 Å². The topological polar surface area (TPSA) is 125 Å². The molecule has 18 heavy (non-hydrogen) atoms. The minimum Gasteiger partial charge on any atom is -0.480 e. The van der Waals surface area contributed by atoms with Gasteiger partial charge in [-0.2, -0.15) is 0 Å². The minimum absolute atomic E-state index is 0.424. The van der Waals surface area contributed by atoms with E-state index in [9.17, 15) is 14.4 Å². The second-order valence-corrected chi connectivity index (χ2v) is 4.12. The summed E-state index contributed by atoms with van der Waals surface area (Å²) in [6.07, 6.45) is 0.314. The highest BCUT2D eigenvalue weighted by Crippen LogP contribution is 1.91. The molecule has 0 radical (unpaired) electrons. The molecule has 0 aromatic heterocycles. The Hall–Kier alpha value is -1.83. The molecule has 104 valence electrons. The van der Waals surface area contributed by atoms with Crippen molar-refractivity contribution in [2.24, 2.45) is 5.73 Å². The standard InChI is InChI=1S/C10H20N4O4/c1-14(2)5-3-4-12-10(18)13-7(9(16)17)6-8(11)15/h7H,3-6H2,1-2H3,(H2,11,15)(H,16,17)(H2,12,13,18)/t7-/m1/s1. The zero-order chi connectivity index (χ0) is 14.1. The van der Waals surface area contributed by atoms with Gasteiger partial charge in [-0.25, -0.2) is 9.59 Å². The number of carbonyl (C=O) groups excluding carboxylic acids is 2. The van der Waals surface area contributed by atoms with Crippen molar-refractivity contribution in [2.45, 2.75) is 18.9 Å². The Balaban J connectivity index is 3.95. The number of hydrogen-bond acceptors (Lipinski definition) is 4.